The number of aliphatic hydroxyl groups excluding tert-OH is 1. The summed E-state index contributed by atoms with van der Waals surface area (Å²) in [5.41, 5.74) is 1.19. The minimum absolute atomic E-state index is 0.0454. The van der Waals surface area contributed by atoms with Crippen molar-refractivity contribution in [3.8, 4) is 6.07 Å². The van der Waals surface area contributed by atoms with Gasteiger partial charge in [-0.3, -0.25) is 0 Å². The molecule has 0 aliphatic carbocycles. The van der Waals surface area contributed by atoms with Crippen LogP contribution in [0.4, 0.5) is 0 Å². The van der Waals surface area contributed by atoms with E-state index in [4.69, 9.17) is 16.9 Å². The molecule has 3 nitrogen and oxygen atoms in total. The van der Waals surface area contributed by atoms with E-state index < -0.39 is 6.10 Å². The van der Waals surface area contributed by atoms with E-state index in [0.717, 1.165) is 10.9 Å². The number of halogens is 1. The summed E-state index contributed by atoms with van der Waals surface area (Å²) in [6.07, 6.45) is -1.11. The first-order valence-electron chi connectivity index (χ1n) is 4.95. The number of rotatable bonds is 2. The highest BCUT2D eigenvalue weighted by Crippen LogP contribution is 2.28. The molecule has 1 aromatic carbocycles. The summed E-state index contributed by atoms with van der Waals surface area (Å²) in [4.78, 5) is 4.17. The van der Waals surface area contributed by atoms with Crippen LogP contribution in [0.15, 0.2) is 42.5 Å². The molecule has 0 radical (unpaired) electrons. The second kappa shape index (κ2) is 4.54. The summed E-state index contributed by atoms with van der Waals surface area (Å²) >= 11 is 5.98. The van der Waals surface area contributed by atoms with Crippen LogP contribution in [0.3, 0.4) is 0 Å². The normalized spacial score (nSPS) is 12.1. The van der Waals surface area contributed by atoms with Gasteiger partial charge >= 0.3 is 0 Å². The number of benzene rings is 1. The number of nitriles is 1. The molecule has 4 heteroatoms. The Labute approximate surface area is 104 Å². The van der Waals surface area contributed by atoms with Gasteiger partial charge in [0.2, 0.25) is 0 Å². The van der Waals surface area contributed by atoms with Crippen molar-refractivity contribution in [3.05, 3.63) is 53.2 Å². The molecule has 0 aliphatic rings. The minimum Gasteiger partial charge on any atom is -0.383 e. The summed E-state index contributed by atoms with van der Waals surface area (Å²) in [6.45, 7) is 3.47. The summed E-state index contributed by atoms with van der Waals surface area (Å²) in [5.74, 6) is 0. The molecular formula is C13H9ClN2O. The van der Waals surface area contributed by atoms with Gasteiger partial charge in [-0.15, -0.1) is 0 Å². The number of aromatic nitrogens is 1. The summed E-state index contributed by atoms with van der Waals surface area (Å²) in [7, 11) is 0. The third-order valence-electron chi connectivity index (χ3n) is 2.47. The molecule has 0 spiro atoms. The Bertz CT molecular complexity index is 631. The third kappa shape index (κ3) is 2.14. The van der Waals surface area contributed by atoms with Crippen LogP contribution < -0.4 is 0 Å². The molecule has 0 saturated carbocycles. The van der Waals surface area contributed by atoms with Gasteiger partial charge in [-0.2, -0.15) is 5.26 Å². The lowest BCUT2D eigenvalue weighted by Gasteiger charge is -2.11. The van der Waals surface area contributed by atoms with E-state index in [0.29, 0.717) is 5.56 Å². The van der Waals surface area contributed by atoms with Crippen molar-refractivity contribution < 1.29 is 5.11 Å². The predicted octanol–water partition coefficient (Wildman–Crippen LogP) is 3.00. The molecule has 2 aromatic rings. The fourth-order valence-corrected chi connectivity index (χ4v) is 1.80. The first-order valence-corrected chi connectivity index (χ1v) is 5.33. The molecule has 0 saturated heterocycles. The van der Waals surface area contributed by atoms with E-state index in [1.807, 2.05) is 30.3 Å². The first kappa shape index (κ1) is 11.6. The molecule has 1 aromatic heterocycles. The molecule has 2 rings (SSSR count). The largest absolute Gasteiger partial charge is 0.383 e. The fourth-order valence-electron chi connectivity index (χ4n) is 1.55. The van der Waals surface area contributed by atoms with Crippen molar-refractivity contribution in [2.24, 2.45) is 0 Å². The molecule has 84 valence electrons. The molecule has 1 heterocycles. The molecule has 0 unspecified atom stereocenters. The minimum atomic E-state index is -1.11. The third-order valence-corrected chi connectivity index (χ3v) is 2.78. The Morgan fingerprint density at radius 1 is 1.47 bits per heavy atom. The van der Waals surface area contributed by atoms with Crippen molar-refractivity contribution in [3.63, 3.8) is 0 Å². The predicted molar refractivity (Wildman–Crippen MR) is 66.5 cm³/mol. The number of pyridine rings is 1. The highest BCUT2D eigenvalue weighted by Gasteiger charge is 2.16. The Morgan fingerprint density at radius 3 is 2.88 bits per heavy atom. The molecule has 0 amide bonds. The quantitative estimate of drug-likeness (QED) is 0.653. The van der Waals surface area contributed by atoms with E-state index >= 15 is 0 Å². The Morgan fingerprint density at radius 2 is 2.18 bits per heavy atom. The van der Waals surface area contributed by atoms with E-state index in [1.54, 1.807) is 6.07 Å². The van der Waals surface area contributed by atoms with Crippen LogP contribution in [0.25, 0.3) is 10.9 Å². The lowest BCUT2D eigenvalue weighted by Crippen LogP contribution is -2.01. The molecule has 1 N–H and O–H groups in total. The summed E-state index contributed by atoms with van der Waals surface area (Å²) < 4.78 is 0. The van der Waals surface area contributed by atoms with Gasteiger partial charge in [0.1, 0.15) is 11.3 Å². The lowest BCUT2D eigenvalue weighted by molar-refractivity contribution is 0.221. The van der Waals surface area contributed by atoms with Crippen LogP contribution in [0.5, 0.6) is 0 Å². The van der Waals surface area contributed by atoms with Crippen molar-refractivity contribution in [1.29, 1.82) is 5.26 Å². The zero-order chi connectivity index (χ0) is 12.4. The molecule has 1 atom stereocenters. The van der Waals surface area contributed by atoms with Gasteiger partial charge in [-0.25, -0.2) is 4.98 Å². The van der Waals surface area contributed by atoms with Crippen molar-refractivity contribution in [2.45, 2.75) is 6.10 Å². The maximum Gasteiger partial charge on any atom is 0.135 e. The highest BCUT2D eigenvalue weighted by molar-refractivity contribution is 6.30. The van der Waals surface area contributed by atoms with E-state index in [-0.39, 0.29) is 10.7 Å². The number of nitrogens with zero attached hydrogens (tertiary/aromatic N) is 2. The Balaban J connectivity index is 2.59. The van der Waals surface area contributed by atoms with Gasteiger partial charge in [-0.1, -0.05) is 36.4 Å². The zero-order valence-electron chi connectivity index (χ0n) is 8.89. The standard InChI is InChI=1S/C13H9ClN2O/c1-8(7-15)12(17)10-6-9-4-2-3-5-11(9)16-13(10)14/h2-6,12,17H,1H2/t12-/m1/s1. The monoisotopic (exact) mass is 244 g/mol. The number of fused-ring (bicyclic) bond motifs is 1. The lowest BCUT2D eigenvalue weighted by atomic mass is 10.0. The van der Waals surface area contributed by atoms with Crippen LogP contribution in [-0.4, -0.2) is 10.1 Å². The van der Waals surface area contributed by atoms with Crippen LogP contribution in [0, 0.1) is 11.3 Å². The molecule has 17 heavy (non-hydrogen) atoms. The van der Waals surface area contributed by atoms with Crippen LogP contribution >= 0.6 is 11.6 Å². The summed E-state index contributed by atoms with van der Waals surface area (Å²) in [6, 6.07) is 10.9. The number of aliphatic hydroxyl groups is 1. The van der Waals surface area contributed by atoms with Crippen molar-refractivity contribution in [1.82, 2.24) is 4.98 Å². The van der Waals surface area contributed by atoms with E-state index in [9.17, 15) is 5.11 Å². The van der Waals surface area contributed by atoms with Gasteiger partial charge in [0, 0.05) is 10.9 Å². The first-order chi connectivity index (χ1) is 8.13. The Kier molecular flexibility index (Phi) is 3.10. The van der Waals surface area contributed by atoms with Gasteiger partial charge in [-0.05, 0) is 12.1 Å². The molecule has 0 bridgehead atoms. The van der Waals surface area contributed by atoms with E-state index in [2.05, 4.69) is 11.6 Å². The van der Waals surface area contributed by atoms with Gasteiger partial charge in [0.05, 0.1) is 17.2 Å². The summed E-state index contributed by atoms with van der Waals surface area (Å²) in [5, 5.41) is 19.6. The molecule has 0 aliphatic heterocycles. The topological polar surface area (TPSA) is 56.9 Å². The maximum absolute atomic E-state index is 9.88. The van der Waals surface area contributed by atoms with Gasteiger partial charge < -0.3 is 5.11 Å². The molecule has 0 fully saturated rings. The maximum atomic E-state index is 9.88. The number of hydrogen-bond acceptors (Lipinski definition) is 3. The average Bonchev–Trinajstić information content (AvgIpc) is 2.36. The van der Waals surface area contributed by atoms with Crippen LogP contribution in [-0.2, 0) is 0 Å². The van der Waals surface area contributed by atoms with Crippen molar-refractivity contribution >= 4 is 22.5 Å². The zero-order valence-corrected chi connectivity index (χ0v) is 9.65. The Hall–Kier alpha value is -1.89. The number of hydrogen-bond donors (Lipinski definition) is 1. The van der Waals surface area contributed by atoms with Gasteiger partial charge in [0.15, 0.2) is 0 Å². The fraction of sp³-hybridized carbons (Fsp3) is 0.0769. The van der Waals surface area contributed by atoms with Crippen molar-refractivity contribution in [2.75, 3.05) is 0 Å². The smallest absolute Gasteiger partial charge is 0.135 e. The molecular weight excluding hydrogens is 236 g/mol. The number of para-hydroxylation sites is 1. The SMILES string of the molecule is C=C(C#N)[C@@H](O)c1cc2ccccc2nc1Cl. The second-order valence-corrected chi connectivity index (χ2v) is 3.96. The second-order valence-electron chi connectivity index (χ2n) is 3.60. The van der Waals surface area contributed by atoms with Crippen LogP contribution in [0.2, 0.25) is 5.15 Å². The van der Waals surface area contributed by atoms with E-state index in [1.165, 1.54) is 0 Å². The van der Waals surface area contributed by atoms with Crippen LogP contribution in [0.1, 0.15) is 11.7 Å². The van der Waals surface area contributed by atoms with Gasteiger partial charge in [0.25, 0.3) is 0 Å². The average molecular weight is 245 g/mol. The highest BCUT2D eigenvalue weighted by atomic mass is 35.5.